The molecule has 0 saturated carbocycles. The first-order valence-corrected chi connectivity index (χ1v) is 9.72. The van der Waals surface area contributed by atoms with E-state index in [4.69, 9.17) is 17.3 Å². The Morgan fingerprint density at radius 3 is 2.79 bits per heavy atom. The predicted molar refractivity (Wildman–Crippen MR) is 115 cm³/mol. The van der Waals surface area contributed by atoms with Gasteiger partial charge in [0.15, 0.2) is 0 Å². The molecule has 29 heavy (non-hydrogen) atoms. The first-order valence-electron chi connectivity index (χ1n) is 9.34. The third kappa shape index (κ3) is 4.52. The van der Waals surface area contributed by atoms with Gasteiger partial charge in [-0.05, 0) is 54.8 Å². The highest BCUT2D eigenvalue weighted by molar-refractivity contribution is 6.31. The van der Waals surface area contributed by atoms with Gasteiger partial charge in [-0.2, -0.15) is 15.0 Å². The summed E-state index contributed by atoms with van der Waals surface area (Å²) in [5.41, 5.74) is 11.9. The van der Waals surface area contributed by atoms with Gasteiger partial charge in [-0.15, -0.1) is 0 Å². The number of nitrogens with two attached hydrogens (primary N) is 1. The third-order valence-corrected chi connectivity index (χ3v) is 5.01. The first kappa shape index (κ1) is 19.3. The van der Waals surface area contributed by atoms with Gasteiger partial charge in [0, 0.05) is 30.4 Å². The molecule has 0 spiro atoms. The van der Waals surface area contributed by atoms with Gasteiger partial charge in [-0.3, -0.25) is 4.98 Å². The van der Waals surface area contributed by atoms with Gasteiger partial charge < -0.3 is 11.1 Å². The number of fused-ring (bicyclic) bond motifs is 1. The van der Waals surface area contributed by atoms with E-state index >= 15 is 0 Å². The van der Waals surface area contributed by atoms with Crippen molar-refractivity contribution in [1.29, 1.82) is 0 Å². The summed E-state index contributed by atoms with van der Waals surface area (Å²) in [6, 6.07) is 9.89. The van der Waals surface area contributed by atoms with Crippen LogP contribution in [-0.4, -0.2) is 25.0 Å². The van der Waals surface area contributed by atoms with Gasteiger partial charge in [0.2, 0.25) is 0 Å². The van der Waals surface area contributed by atoms with E-state index in [0.29, 0.717) is 30.5 Å². The summed E-state index contributed by atoms with van der Waals surface area (Å²) in [6.07, 6.45) is 3.44. The molecule has 0 saturated heterocycles. The number of nitrogens with zero attached hydrogens (tertiary/aromatic N) is 5. The molecule has 3 heterocycles. The number of aryl methyl sites for hydroxylation is 2. The predicted octanol–water partition coefficient (Wildman–Crippen LogP) is 3.41. The van der Waals surface area contributed by atoms with Crippen LogP contribution < -0.4 is 11.1 Å². The molecule has 0 aliphatic carbocycles. The molecule has 0 amide bonds. The van der Waals surface area contributed by atoms with Crippen molar-refractivity contribution in [3.05, 3.63) is 75.8 Å². The minimum atomic E-state index is 0.554. The molecule has 7 nitrogen and oxygen atoms in total. The van der Waals surface area contributed by atoms with E-state index in [-0.39, 0.29) is 0 Å². The lowest BCUT2D eigenvalue weighted by Crippen LogP contribution is -2.16. The van der Waals surface area contributed by atoms with E-state index in [2.05, 4.69) is 31.5 Å². The summed E-state index contributed by atoms with van der Waals surface area (Å²) in [7, 11) is 0. The highest BCUT2D eigenvalue weighted by Crippen LogP contribution is 2.19. The van der Waals surface area contributed by atoms with E-state index < -0.39 is 0 Å². The maximum Gasteiger partial charge on any atom is 0.123 e. The molecule has 148 valence electrons. The lowest BCUT2D eigenvalue weighted by molar-refractivity contribution is 0.576. The molecule has 0 fully saturated rings. The number of nitrogen functional groups attached to an aromatic ring is 1. The minimum absolute atomic E-state index is 0.554. The van der Waals surface area contributed by atoms with E-state index in [1.807, 2.05) is 38.1 Å². The molecule has 4 aromatic rings. The number of aromatic nitrogens is 5. The maximum atomic E-state index is 6.04. The van der Waals surface area contributed by atoms with E-state index in [1.54, 1.807) is 17.2 Å². The van der Waals surface area contributed by atoms with Crippen molar-refractivity contribution in [2.24, 2.45) is 0 Å². The molecular formula is C21H22ClN7. The second-order valence-electron chi connectivity index (χ2n) is 7.08. The van der Waals surface area contributed by atoms with Crippen molar-refractivity contribution in [2.45, 2.75) is 33.5 Å². The van der Waals surface area contributed by atoms with Gasteiger partial charge >= 0.3 is 0 Å². The first-order chi connectivity index (χ1) is 14.0. The van der Waals surface area contributed by atoms with Crippen molar-refractivity contribution >= 4 is 28.3 Å². The third-order valence-electron chi connectivity index (χ3n) is 4.80. The SMILES string of the molecule is Cc1cc(N)nc(C)c1CNCc1cnn(Cc2ccc3ncc(Cl)cc3c2)n1. The summed E-state index contributed by atoms with van der Waals surface area (Å²) in [4.78, 5) is 10.3. The van der Waals surface area contributed by atoms with Crippen molar-refractivity contribution < 1.29 is 0 Å². The summed E-state index contributed by atoms with van der Waals surface area (Å²) < 4.78 is 0. The van der Waals surface area contributed by atoms with Crippen LogP contribution >= 0.6 is 11.6 Å². The molecule has 3 N–H and O–H groups in total. The minimum Gasteiger partial charge on any atom is -0.384 e. The number of rotatable bonds is 6. The van der Waals surface area contributed by atoms with E-state index in [9.17, 15) is 0 Å². The number of hydrogen-bond donors (Lipinski definition) is 2. The fraction of sp³-hybridized carbons (Fsp3) is 0.238. The highest BCUT2D eigenvalue weighted by Gasteiger charge is 2.07. The molecule has 0 aliphatic heterocycles. The molecule has 0 bridgehead atoms. The van der Waals surface area contributed by atoms with E-state index in [1.165, 1.54) is 0 Å². The fourth-order valence-electron chi connectivity index (χ4n) is 3.38. The standard InChI is InChI=1S/C21H22ClN7/c1-13-5-21(23)27-14(2)19(13)11-24-9-18-10-26-29(28-18)12-15-3-4-20-16(6-15)7-17(22)8-25-20/h3-8,10,24H,9,11-12H2,1-2H3,(H2,23,27). The van der Waals surface area contributed by atoms with Crippen LogP contribution in [0, 0.1) is 13.8 Å². The monoisotopic (exact) mass is 407 g/mol. The Kier molecular flexibility index (Phi) is 5.42. The lowest BCUT2D eigenvalue weighted by Gasteiger charge is -2.10. The van der Waals surface area contributed by atoms with E-state index in [0.717, 1.165) is 39.0 Å². The van der Waals surface area contributed by atoms with Gasteiger partial charge in [0.05, 0.1) is 29.0 Å². The molecule has 0 radical (unpaired) electrons. The number of hydrogen-bond acceptors (Lipinski definition) is 6. The largest absolute Gasteiger partial charge is 0.384 e. The van der Waals surface area contributed by atoms with Crippen LogP contribution in [0.5, 0.6) is 0 Å². The number of benzene rings is 1. The average molecular weight is 408 g/mol. The van der Waals surface area contributed by atoms with Crippen molar-refractivity contribution in [3.8, 4) is 0 Å². The Morgan fingerprint density at radius 1 is 1.10 bits per heavy atom. The Balaban J connectivity index is 1.39. The van der Waals surface area contributed by atoms with Crippen LogP contribution in [-0.2, 0) is 19.6 Å². The molecule has 4 rings (SSSR count). The topological polar surface area (TPSA) is 94.5 Å². The number of nitrogens with one attached hydrogen (secondary N) is 1. The van der Waals surface area contributed by atoms with Gasteiger partial charge in [-0.25, -0.2) is 4.98 Å². The average Bonchev–Trinajstić information content (AvgIpc) is 3.10. The van der Waals surface area contributed by atoms with Crippen LogP contribution in [0.3, 0.4) is 0 Å². The van der Waals surface area contributed by atoms with Crippen molar-refractivity contribution in [1.82, 2.24) is 30.3 Å². The number of anilines is 1. The molecule has 0 unspecified atom stereocenters. The zero-order valence-corrected chi connectivity index (χ0v) is 17.1. The summed E-state index contributed by atoms with van der Waals surface area (Å²) >= 11 is 6.04. The Morgan fingerprint density at radius 2 is 1.97 bits per heavy atom. The Labute approximate surface area is 173 Å². The second-order valence-corrected chi connectivity index (χ2v) is 7.51. The van der Waals surface area contributed by atoms with Gasteiger partial charge in [-0.1, -0.05) is 17.7 Å². The Bertz CT molecular complexity index is 1150. The van der Waals surface area contributed by atoms with Crippen LogP contribution in [0.15, 0.2) is 42.7 Å². The zero-order valence-electron chi connectivity index (χ0n) is 16.4. The van der Waals surface area contributed by atoms with Crippen molar-refractivity contribution in [3.63, 3.8) is 0 Å². The lowest BCUT2D eigenvalue weighted by atomic mass is 10.1. The van der Waals surface area contributed by atoms with Crippen LogP contribution in [0.4, 0.5) is 5.82 Å². The molecule has 0 aliphatic rings. The summed E-state index contributed by atoms with van der Waals surface area (Å²) in [6.45, 7) is 5.94. The second kappa shape index (κ2) is 8.14. The van der Waals surface area contributed by atoms with Gasteiger partial charge in [0.1, 0.15) is 5.82 Å². The molecule has 0 atom stereocenters. The fourth-order valence-corrected chi connectivity index (χ4v) is 3.54. The van der Waals surface area contributed by atoms with Crippen LogP contribution in [0.1, 0.15) is 28.1 Å². The summed E-state index contributed by atoms with van der Waals surface area (Å²) in [5, 5.41) is 14.0. The van der Waals surface area contributed by atoms with Crippen LogP contribution in [0.2, 0.25) is 5.02 Å². The normalized spacial score (nSPS) is 11.3. The number of halogens is 1. The zero-order chi connectivity index (χ0) is 20.4. The quantitative estimate of drug-likeness (QED) is 0.508. The number of pyridine rings is 2. The maximum absolute atomic E-state index is 6.04. The smallest absolute Gasteiger partial charge is 0.123 e. The Hall–Kier alpha value is -3.03. The van der Waals surface area contributed by atoms with Gasteiger partial charge in [0.25, 0.3) is 0 Å². The van der Waals surface area contributed by atoms with Crippen molar-refractivity contribution in [2.75, 3.05) is 5.73 Å². The van der Waals surface area contributed by atoms with Crippen LogP contribution in [0.25, 0.3) is 10.9 Å². The molecule has 3 aromatic heterocycles. The molecule has 1 aromatic carbocycles. The highest BCUT2D eigenvalue weighted by atomic mass is 35.5. The summed E-state index contributed by atoms with van der Waals surface area (Å²) in [5.74, 6) is 0.554. The molecule has 8 heteroatoms. The molecular weight excluding hydrogens is 386 g/mol.